The minimum absolute atomic E-state index is 0.00941. The van der Waals surface area contributed by atoms with Gasteiger partial charge in [-0.25, -0.2) is 22.8 Å². The van der Waals surface area contributed by atoms with E-state index >= 15 is 4.39 Å². The lowest BCUT2D eigenvalue weighted by molar-refractivity contribution is 0.0512. The second-order valence-electron chi connectivity index (χ2n) is 14.8. The summed E-state index contributed by atoms with van der Waals surface area (Å²) in [6.45, 7) is 15.2. The standard InChI is InChI=1S/C38H47FN4O4SSi/c1-23(2)49(24(3)4,25(5)6)15-14-28-10-9-11-29-17-30(47-22-46-7)18-31(33(28)29)35-34(39)36-32(19-40-35)37(42-38(41-36)48(8,44)45)43-20-26-12-13-27(16-26)21-43/h9-11,17-19,23-27H,12-13,16,20-22H2,1-8H3. The monoisotopic (exact) mass is 702 g/mol. The summed E-state index contributed by atoms with van der Waals surface area (Å²) in [4.78, 5) is 15.7. The molecule has 2 aliphatic rings. The summed E-state index contributed by atoms with van der Waals surface area (Å²) < 4.78 is 53.9. The van der Waals surface area contributed by atoms with E-state index in [9.17, 15) is 8.42 Å². The molecule has 1 aliphatic heterocycles. The Bertz CT molecular complexity index is 2040. The van der Waals surface area contributed by atoms with Crippen molar-refractivity contribution in [2.75, 3.05) is 38.1 Å². The van der Waals surface area contributed by atoms with Gasteiger partial charge >= 0.3 is 0 Å². The number of rotatable bonds is 9. The van der Waals surface area contributed by atoms with Gasteiger partial charge in [-0.05, 0) is 71.3 Å². The van der Waals surface area contributed by atoms with Crippen molar-refractivity contribution < 1.29 is 22.3 Å². The summed E-state index contributed by atoms with van der Waals surface area (Å²) in [5.41, 5.74) is 6.37. The highest BCUT2D eigenvalue weighted by Gasteiger charge is 2.42. The van der Waals surface area contributed by atoms with Crippen LogP contribution in [0.2, 0.25) is 16.6 Å². The summed E-state index contributed by atoms with van der Waals surface area (Å²) in [6, 6.07) is 9.53. The van der Waals surface area contributed by atoms with E-state index in [-0.39, 0.29) is 18.0 Å². The lowest BCUT2D eigenvalue weighted by atomic mass is 9.96. The quantitative estimate of drug-likeness (QED) is 0.0747. The van der Waals surface area contributed by atoms with Gasteiger partial charge in [-0.2, -0.15) is 0 Å². The second-order valence-corrected chi connectivity index (χ2v) is 22.3. The lowest BCUT2D eigenvalue weighted by Crippen LogP contribution is -2.43. The minimum Gasteiger partial charge on any atom is -0.468 e. The number of methoxy groups -OCH3 is 1. The zero-order chi connectivity index (χ0) is 35.2. The fourth-order valence-electron chi connectivity index (χ4n) is 8.51. The first-order chi connectivity index (χ1) is 23.2. The summed E-state index contributed by atoms with van der Waals surface area (Å²) in [5.74, 6) is 4.78. The van der Waals surface area contributed by atoms with E-state index in [1.165, 1.54) is 0 Å². The van der Waals surface area contributed by atoms with E-state index in [2.05, 4.69) is 67.9 Å². The molecule has 1 saturated carbocycles. The van der Waals surface area contributed by atoms with E-state index in [1.807, 2.05) is 24.3 Å². The van der Waals surface area contributed by atoms with Crippen molar-refractivity contribution in [2.24, 2.45) is 11.8 Å². The number of pyridine rings is 1. The topological polar surface area (TPSA) is 94.5 Å². The Morgan fingerprint density at radius 2 is 1.69 bits per heavy atom. The molecule has 0 radical (unpaired) electrons. The van der Waals surface area contributed by atoms with Crippen LogP contribution in [0.5, 0.6) is 5.75 Å². The van der Waals surface area contributed by atoms with Gasteiger partial charge in [0, 0.05) is 49.2 Å². The van der Waals surface area contributed by atoms with Crippen molar-refractivity contribution in [2.45, 2.75) is 82.6 Å². The Morgan fingerprint density at radius 3 is 2.31 bits per heavy atom. The number of fused-ring (bicyclic) bond motifs is 4. The van der Waals surface area contributed by atoms with Gasteiger partial charge in [0.15, 0.2) is 12.6 Å². The van der Waals surface area contributed by atoms with Crippen LogP contribution in [0.4, 0.5) is 10.2 Å². The summed E-state index contributed by atoms with van der Waals surface area (Å²) in [5, 5.41) is 1.56. The first-order valence-electron chi connectivity index (χ1n) is 17.3. The van der Waals surface area contributed by atoms with E-state index in [0.717, 1.165) is 54.9 Å². The SMILES string of the molecule is COCOc1cc(-c2ncc3c(N4CC5CCC(C5)C4)nc(S(C)(=O)=O)nc3c2F)c2c(C#C[Si](C(C)C)(C(C)C)C(C)C)cccc2c1. The first kappa shape index (κ1) is 35.2. The van der Waals surface area contributed by atoms with Gasteiger partial charge in [0.25, 0.3) is 0 Å². The molecule has 0 amide bonds. The van der Waals surface area contributed by atoms with E-state index in [1.54, 1.807) is 19.4 Å². The van der Waals surface area contributed by atoms with Crippen molar-refractivity contribution in [3.8, 4) is 28.5 Å². The second kappa shape index (κ2) is 13.6. The summed E-state index contributed by atoms with van der Waals surface area (Å²) >= 11 is 0. The van der Waals surface area contributed by atoms with Crippen molar-refractivity contribution in [1.82, 2.24) is 15.0 Å². The number of hydrogen-bond acceptors (Lipinski definition) is 8. The number of hydrogen-bond donors (Lipinski definition) is 0. The fourth-order valence-corrected chi connectivity index (χ4v) is 14.2. The number of piperidine rings is 1. The van der Waals surface area contributed by atoms with Crippen molar-refractivity contribution >= 4 is 45.4 Å². The third kappa shape index (κ3) is 6.55. The maximum Gasteiger partial charge on any atom is 0.249 e. The van der Waals surface area contributed by atoms with Crippen LogP contribution in [0, 0.1) is 29.1 Å². The first-order valence-corrected chi connectivity index (χ1v) is 21.4. The number of sulfone groups is 1. The zero-order valence-electron chi connectivity index (χ0n) is 29.8. The lowest BCUT2D eigenvalue weighted by Gasteiger charge is -2.38. The van der Waals surface area contributed by atoms with Crippen LogP contribution in [0.3, 0.4) is 0 Å². The maximum atomic E-state index is 17.1. The van der Waals surface area contributed by atoms with Crippen LogP contribution in [0.15, 0.2) is 41.7 Å². The molecular weight excluding hydrogens is 656 g/mol. The van der Waals surface area contributed by atoms with Crippen LogP contribution in [0.25, 0.3) is 32.9 Å². The van der Waals surface area contributed by atoms with Crippen LogP contribution >= 0.6 is 0 Å². The predicted molar refractivity (Wildman–Crippen MR) is 197 cm³/mol. The van der Waals surface area contributed by atoms with Crippen molar-refractivity contribution in [1.29, 1.82) is 0 Å². The van der Waals surface area contributed by atoms with Crippen LogP contribution < -0.4 is 9.64 Å². The highest BCUT2D eigenvalue weighted by Crippen LogP contribution is 2.43. The fraction of sp³-hybridized carbons (Fsp3) is 0.500. The number of anilines is 1. The molecule has 0 N–H and O–H groups in total. The molecule has 2 fully saturated rings. The van der Waals surface area contributed by atoms with Gasteiger partial charge < -0.3 is 14.4 Å². The molecule has 4 aromatic rings. The number of halogens is 1. The Morgan fingerprint density at radius 1 is 1.02 bits per heavy atom. The van der Waals surface area contributed by atoms with Gasteiger partial charge in [-0.3, -0.25) is 4.98 Å². The van der Waals surface area contributed by atoms with Gasteiger partial charge in [-0.15, -0.1) is 5.54 Å². The Kier molecular flexibility index (Phi) is 9.79. The molecule has 11 heteroatoms. The number of aromatic nitrogens is 3. The average Bonchev–Trinajstić information content (AvgIpc) is 3.39. The van der Waals surface area contributed by atoms with Crippen molar-refractivity contribution in [3.63, 3.8) is 0 Å². The smallest absolute Gasteiger partial charge is 0.249 e. The van der Waals surface area contributed by atoms with E-state index < -0.39 is 28.9 Å². The third-order valence-corrected chi connectivity index (χ3v) is 17.8. The zero-order valence-corrected chi connectivity index (χ0v) is 31.6. The molecule has 0 spiro atoms. The van der Waals surface area contributed by atoms with Crippen LogP contribution in [0.1, 0.15) is 66.4 Å². The summed E-state index contributed by atoms with van der Waals surface area (Å²) in [7, 11) is -4.40. The van der Waals surface area contributed by atoms with Crippen LogP contribution in [-0.2, 0) is 14.6 Å². The number of ether oxygens (including phenoxy) is 2. The maximum absolute atomic E-state index is 17.1. The largest absolute Gasteiger partial charge is 0.468 e. The highest BCUT2D eigenvalue weighted by atomic mass is 32.2. The molecule has 2 unspecified atom stereocenters. The molecule has 2 aromatic heterocycles. The molecule has 8 nitrogen and oxygen atoms in total. The van der Waals surface area contributed by atoms with Gasteiger partial charge in [0.2, 0.25) is 15.0 Å². The van der Waals surface area contributed by atoms with Crippen LogP contribution in [-0.4, -0.2) is 64.7 Å². The summed E-state index contributed by atoms with van der Waals surface area (Å²) in [6.07, 6.45) is 6.07. The molecule has 3 heterocycles. The number of nitrogens with zero attached hydrogens (tertiary/aromatic N) is 4. The molecule has 2 atom stereocenters. The van der Waals surface area contributed by atoms with Gasteiger partial charge in [0.05, 0.1) is 5.39 Å². The molecule has 6 rings (SSSR count). The van der Waals surface area contributed by atoms with E-state index in [4.69, 9.17) is 14.5 Å². The Labute approximate surface area is 290 Å². The van der Waals surface area contributed by atoms with Gasteiger partial charge in [-0.1, -0.05) is 59.6 Å². The highest BCUT2D eigenvalue weighted by molar-refractivity contribution is 7.90. The molecule has 260 valence electrons. The predicted octanol–water partition coefficient (Wildman–Crippen LogP) is 8.18. The molecule has 49 heavy (non-hydrogen) atoms. The number of benzene rings is 2. The molecular formula is C38H47FN4O4SSi. The van der Waals surface area contributed by atoms with Gasteiger partial charge in [0.1, 0.15) is 30.9 Å². The molecule has 1 aliphatic carbocycles. The Balaban J connectivity index is 1.61. The normalized spacial score (nSPS) is 18.2. The molecule has 1 saturated heterocycles. The minimum atomic E-state index is -3.85. The molecule has 2 bridgehead atoms. The molecule has 2 aromatic carbocycles. The third-order valence-electron chi connectivity index (χ3n) is 10.7. The average molecular weight is 703 g/mol. The van der Waals surface area contributed by atoms with Crippen molar-refractivity contribution in [3.05, 3.63) is 47.9 Å². The Hall–Kier alpha value is -3.59. The van der Waals surface area contributed by atoms with E-state index in [0.29, 0.717) is 51.0 Å².